The van der Waals surface area contributed by atoms with Gasteiger partial charge in [-0.15, -0.1) is 0 Å². The van der Waals surface area contributed by atoms with Crippen LogP contribution < -0.4 is 0 Å². The summed E-state index contributed by atoms with van der Waals surface area (Å²) in [6, 6.07) is -1.42. The van der Waals surface area contributed by atoms with Gasteiger partial charge >= 0.3 is 5.97 Å². The number of aliphatic carboxylic acids is 1. The maximum absolute atomic E-state index is 12.9. The Kier molecular flexibility index (Phi) is 5.59. The quantitative estimate of drug-likeness (QED) is 0.781. The van der Waals surface area contributed by atoms with Crippen molar-refractivity contribution in [1.82, 2.24) is 8.61 Å². The molecule has 0 radical (unpaired) electrons. The van der Waals surface area contributed by atoms with Crippen LogP contribution in [0.4, 0.5) is 0 Å². The summed E-state index contributed by atoms with van der Waals surface area (Å²) in [5, 5.41) is 18.8. The maximum atomic E-state index is 12.9. The largest absolute Gasteiger partial charge is 0.480 e. The van der Waals surface area contributed by atoms with Crippen LogP contribution in [0.1, 0.15) is 44.9 Å². The van der Waals surface area contributed by atoms with E-state index >= 15 is 0 Å². The minimum Gasteiger partial charge on any atom is -0.480 e. The van der Waals surface area contributed by atoms with Gasteiger partial charge in [0.2, 0.25) is 0 Å². The first kappa shape index (κ1) is 16.7. The molecule has 2 atom stereocenters. The molecule has 0 saturated carbocycles. The molecular weight excluding hydrogens is 296 g/mol. The van der Waals surface area contributed by atoms with Crippen LogP contribution in [0.25, 0.3) is 0 Å². The van der Waals surface area contributed by atoms with E-state index in [1.165, 1.54) is 4.31 Å². The molecule has 2 N–H and O–H groups in total. The first-order valence-corrected chi connectivity index (χ1v) is 9.00. The number of rotatable bonds is 4. The van der Waals surface area contributed by atoms with Crippen molar-refractivity contribution in [3.05, 3.63) is 0 Å². The number of aliphatic hydroxyl groups is 1. The van der Waals surface area contributed by atoms with Gasteiger partial charge in [-0.25, -0.2) is 0 Å². The Morgan fingerprint density at radius 1 is 1.00 bits per heavy atom. The van der Waals surface area contributed by atoms with Gasteiger partial charge < -0.3 is 10.2 Å². The fourth-order valence-electron chi connectivity index (χ4n) is 3.20. The summed E-state index contributed by atoms with van der Waals surface area (Å²) in [5.41, 5.74) is 0. The van der Waals surface area contributed by atoms with Gasteiger partial charge in [0, 0.05) is 19.1 Å². The molecule has 7 nitrogen and oxygen atoms in total. The Balaban J connectivity index is 2.27. The highest BCUT2D eigenvalue weighted by molar-refractivity contribution is 7.86. The van der Waals surface area contributed by atoms with Crippen LogP contribution in [-0.2, 0) is 15.0 Å². The molecule has 8 heteroatoms. The number of hydrogen-bond acceptors (Lipinski definition) is 4. The number of piperidine rings is 1. The summed E-state index contributed by atoms with van der Waals surface area (Å²) in [6.07, 6.45) is 4.96. The van der Waals surface area contributed by atoms with Crippen molar-refractivity contribution in [2.24, 2.45) is 0 Å². The zero-order valence-corrected chi connectivity index (χ0v) is 13.0. The zero-order chi connectivity index (χ0) is 15.5. The third-order valence-electron chi connectivity index (χ3n) is 4.37. The van der Waals surface area contributed by atoms with Gasteiger partial charge in [0.25, 0.3) is 10.2 Å². The molecule has 0 aromatic heterocycles. The SMILES string of the molecule is O=C(O)C1CCCCN1S(=O)(=O)N1CCCCCC1CO. The van der Waals surface area contributed by atoms with E-state index in [0.717, 1.165) is 30.0 Å². The molecule has 2 heterocycles. The third-order valence-corrected chi connectivity index (χ3v) is 6.47. The Bertz CT molecular complexity index is 467. The highest BCUT2D eigenvalue weighted by Crippen LogP contribution is 2.27. The minimum absolute atomic E-state index is 0.217. The highest BCUT2D eigenvalue weighted by atomic mass is 32.2. The van der Waals surface area contributed by atoms with E-state index in [1.54, 1.807) is 0 Å². The van der Waals surface area contributed by atoms with Gasteiger partial charge in [-0.3, -0.25) is 4.79 Å². The van der Waals surface area contributed by atoms with E-state index in [2.05, 4.69) is 0 Å². The number of carbonyl (C=O) groups is 1. The second-order valence-electron chi connectivity index (χ2n) is 5.76. The van der Waals surface area contributed by atoms with E-state index in [9.17, 15) is 23.4 Å². The van der Waals surface area contributed by atoms with Crippen LogP contribution in [0.15, 0.2) is 0 Å². The summed E-state index contributed by atoms with van der Waals surface area (Å²) in [5.74, 6) is -1.09. The number of carboxylic acid groups (broad SMARTS) is 1. The molecule has 2 aliphatic heterocycles. The highest BCUT2D eigenvalue weighted by Gasteiger charge is 2.42. The molecule has 0 aromatic rings. The third kappa shape index (κ3) is 3.56. The first-order chi connectivity index (χ1) is 9.98. The molecule has 0 amide bonds. The van der Waals surface area contributed by atoms with Crippen LogP contribution in [0.5, 0.6) is 0 Å². The average Bonchev–Trinajstić information content (AvgIpc) is 2.72. The van der Waals surface area contributed by atoms with Gasteiger partial charge in [0.1, 0.15) is 6.04 Å². The fraction of sp³-hybridized carbons (Fsp3) is 0.923. The summed E-state index contributed by atoms with van der Waals surface area (Å²) >= 11 is 0. The second-order valence-corrected chi connectivity index (χ2v) is 7.60. The fourth-order valence-corrected chi connectivity index (χ4v) is 5.25. The van der Waals surface area contributed by atoms with Crippen LogP contribution >= 0.6 is 0 Å². The van der Waals surface area contributed by atoms with Crippen molar-refractivity contribution >= 4 is 16.2 Å². The second kappa shape index (κ2) is 7.04. The zero-order valence-electron chi connectivity index (χ0n) is 12.1. The normalized spacial score (nSPS) is 30.0. The summed E-state index contributed by atoms with van der Waals surface area (Å²) < 4.78 is 28.1. The molecule has 0 spiro atoms. The Morgan fingerprint density at radius 2 is 1.62 bits per heavy atom. The van der Waals surface area contributed by atoms with E-state index < -0.39 is 28.3 Å². The van der Waals surface area contributed by atoms with Crippen LogP contribution in [0.3, 0.4) is 0 Å². The lowest BCUT2D eigenvalue weighted by atomic mass is 10.1. The molecule has 122 valence electrons. The average molecular weight is 320 g/mol. The molecule has 2 saturated heterocycles. The van der Waals surface area contributed by atoms with E-state index in [-0.39, 0.29) is 13.2 Å². The summed E-state index contributed by atoms with van der Waals surface area (Å²) in [6.45, 7) is 0.384. The lowest BCUT2D eigenvalue weighted by Crippen LogP contribution is -2.56. The molecule has 21 heavy (non-hydrogen) atoms. The Morgan fingerprint density at radius 3 is 2.29 bits per heavy atom. The number of nitrogens with zero attached hydrogens (tertiary/aromatic N) is 2. The van der Waals surface area contributed by atoms with Crippen molar-refractivity contribution in [3.8, 4) is 0 Å². The van der Waals surface area contributed by atoms with E-state index in [1.807, 2.05) is 0 Å². The van der Waals surface area contributed by atoms with Crippen molar-refractivity contribution < 1.29 is 23.4 Å². The van der Waals surface area contributed by atoms with Gasteiger partial charge in [-0.1, -0.05) is 12.8 Å². The van der Waals surface area contributed by atoms with Crippen molar-refractivity contribution in [1.29, 1.82) is 0 Å². The van der Waals surface area contributed by atoms with Crippen molar-refractivity contribution in [2.75, 3.05) is 19.7 Å². The van der Waals surface area contributed by atoms with Gasteiger partial charge in [0.15, 0.2) is 0 Å². The van der Waals surface area contributed by atoms with E-state index in [0.29, 0.717) is 25.8 Å². The Labute approximate surface area is 125 Å². The Hall–Kier alpha value is -0.700. The topological polar surface area (TPSA) is 98.2 Å². The van der Waals surface area contributed by atoms with E-state index in [4.69, 9.17) is 0 Å². The summed E-state index contributed by atoms with van der Waals surface area (Å²) in [4.78, 5) is 11.3. The summed E-state index contributed by atoms with van der Waals surface area (Å²) in [7, 11) is -3.84. The van der Waals surface area contributed by atoms with Gasteiger partial charge in [-0.05, 0) is 32.1 Å². The molecule has 2 rings (SSSR count). The van der Waals surface area contributed by atoms with Gasteiger partial charge in [-0.2, -0.15) is 17.0 Å². The molecular formula is C13H24N2O5S. The van der Waals surface area contributed by atoms with Crippen LogP contribution in [-0.4, -0.2) is 65.0 Å². The smallest absolute Gasteiger partial charge is 0.322 e. The maximum Gasteiger partial charge on any atom is 0.322 e. The molecule has 2 fully saturated rings. The number of aliphatic hydroxyl groups excluding tert-OH is 1. The van der Waals surface area contributed by atoms with Crippen LogP contribution in [0, 0.1) is 0 Å². The monoisotopic (exact) mass is 320 g/mol. The first-order valence-electron chi connectivity index (χ1n) is 7.60. The predicted octanol–water partition coefficient (Wildman–Crippen LogP) is 0.407. The van der Waals surface area contributed by atoms with Crippen LogP contribution in [0.2, 0.25) is 0 Å². The molecule has 2 unspecified atom stereocenters. The lowest BCUT2D eigenvalue weighted by Gasteiger charge is -2.38. The predicted molar refractivity (Wildman–Crippen MR) is 76.9 cm³/mol. The minimum atomic E-state index is -3.84. The molecule has 0 bridgehead atoms. The van der Waals surface area contributed by atoms with Gasteiger partial charge in [0.05, 0.1) is 6.61 Å². The van der Waals surface area contributed by atoms with Crippen molar-refractivity contribution in [3.63, 3.8) is 0 Å². The molecule has 2 aliphatic rings. The number of hydrogen-bond donors (Lipinski definition) is 2. The molecule has 0 aliphatic carbocycles. The lowest BCUT2D eigenvalue weighted by molar-refractivity contribution is -0.142. The number of carboxylic acids is 1. The standard InChI is InChI=1S/C13H24N2O5S/c16-10-11-6-2-1-4-8-14(11)21(19,20)15-9-5-3-7-12(15)13(17)18/h11-12,16H,1-10H2,(H,17,18). The van der Waals surface area contributed by atoms with Crippen molar-refractivity contribution in [2.45, 2.75) is 57.0 Å². The molecule has 0 aromatic carbocycles.